The molecule has 3 rings (SSSR count). The molecular formula is C16H23NO2. The van der Waals surface area contributed by atoms with E-state index in [0.29, 0.717) is 6.04 Å². The highest BCUT2D eigenvalue weighted by Crippen LogP contribution is 2.44. The molecule has 0 radical (unpaired) electrons. The Morgan fingerprint density at radius 2 is 1.95 bits per heavy atom. The Labute approximate surface area is 115 Å². The molecule has 3 nitrogen and oxygen atoms in total. The van der Waals surface area contributed by atoms with Crippen molar-refractivity contribution in [2.24, 2.45) is 0 Å². The first-order valence-corrected chi connectivity index (χ1v) is 7.30. The van der Waals surface area contributed by atoms with Gasteiger partial charge in [-0.05, 0) is 32.8 Å². The lowest BCUT2D eigenvalue weighted by molar-refractivity contribution is -0.0580. The molecule has 104 valence electrons. The second kappa shape index (κ2) is 4.80. The number of hydrogen-bond acceptors (Lipinski definition) is 3. The van der Waals surface area contributed by atoms with Gasteiger partial charge in [-0.2, -0.15) is 0 Å². The molecule has 2 heterocycles. The lowest BCUT2D eigenvalue weighted by atomic mass is 9.81. The van der Waals surface area contributed by atoms with Gasteiger partial charge in [-0.1, -0.05) is 18.2 Å². The zero-order chi connectivity index (χ0) is 13.5. The van der Waals surface area contributed by atoms with Gasteiger partial charge in [0.15, 0.2) is 0 Å². The molecular weight excluding hydrogens is 238 g/mol. The summed E-state index contributed by atoms with van der Waals surface area (Å²) in [5, 5.41) is 10.4. The van der Waals surface area contributed by atoms with Crippen LogP contribution in [0.2, 0.25) is 0 Å². The summed E-state index contributed by atoms with van der Waals surface area (Å²) in [5.74, 6) is 0.874. The van der Waals surface area contributed by atoms with Gasteiger partial charge in [0, 0.05) is 31.1 Å². The van der Waals surface area contributed by atoms with Gasteiger partial charge in [0.25, 0.3) is 0 Å². The van der Waals surface area contributed by atoms with Crippen LogP contribution in [0.25, 0.3) is 0 Å². The van der Waals surface area contributed by atoms with E-state index in [2.05, 4.69) is 18.7 Å². The number of aliphatic hydroxyl groups excluding tert-OH is 1. The Morgan fingerprint density at radius 3 is 2.63 bits per heavy atom. The monoisotopic (exact) mass is 261 g/mol. The molecule has 1 saturated heterocycles. The number of nitrogens with zero attached hydrogens (tertiary/aromatic N) is 1. The highest BCUT2D eigenvalue weighted by atomic mass is 16.5. The molecule has 1 fully saturated rings. The Kier molecular flexibility index (Phi) is 3.27. The minimum Gasteiger partial charge on any atom is -0.487 e. The third kappa shape index (κ3) is 2.37. The van der Waals surface area contributed by atoms with Gasteiger partial charge in [-0.15, -0.1) is 0 Å². The summed E-state index contributed by atoms with van der Waals surface area (Å²) < 4.78 is 6.27. The number of ether oxygens (including phenoxy) is 1. The maximum absolute atomic E-state index is 10.4. The molecule has 19 heavy (non-hydrogen) atoms. The number of hydrogen-bond donors (Lipinski definition) is 1. The van der Waals surface area contributed by atoms with E-state index in [1.54, 1.807) is 0 Å². The summed E-state index contributed by atoms with van der Waals surface area (Å²) in [6.45, 7) is 6.60. The quantitative estimate of drug-likeness (QED) is 0.843. The van der Waals surface area contributed by atoms with Crippen molar-refractivity contribution in [2.75, 3.05) is 13.1 Å². The smallest absolute Gasteiger partial charge is 0.125 e. The van der Waals surface area contributed by atoms with E-state index in [9.17, 15) is 5.11 Å². The topological polar surface area (TPSA) is 32.7 Å². The largest absolute Gasteiger partial charge is 0.487 e. The fourth-order valence-corrected chi connectivity index (χ4v) is 3.34. The van der Waals surface area contributed by atoms with Crippen molar-refractivity contribution in [1.29, 1.82) is 0 Å². The lowest BCUT2D eigenvalue weighted by Gasteiger charge is -2.46. The standard InChI is InChI=1S/C16H23NO2/c1-12(2)17-9-7-16(8-10-17)11-14(18)13-5-3-4-6-15(13)19-16/h3-6,12,14,18H,7-11H2,1-2H3/t14-/m0/s1. The molecule has 0 saturated carbocycles. The first-order chi connectivity index (χ1) is 9.10. The number of piperidine rings is 1. The van der Waals surface area contributed by atoms with E-state index in [1.807, 2.05) is 24.3 Å². The average molecular weight is 261 g/mol. The highest BCUT2D eigenvalue weighted by Gasteiger charge is 2.42. The van der Waals surface area contributed by atoms with Crippen LogP contribution in [0.3, 0.4) is 0 Å². The molecule has 1 aromatic rings. The zero-order valence-electron chi connectivity index (χ0n) is 11.8. The maximum Gasteiger partial charge on any atom is 0.125 e. The van der Waals surface area contributed by atoms with Gasteiger partial charge in [0.05, 0.1) is 6.10 Å². The average Bonchev–Trinajstić information content (AvgIpc) is 2.39. The SMILES string of the molecule is CC(C)N1CCC2(CC1)C[C@H](O)c1ccccc1O2. The number of likely N-dealkylation sites (tertiary alicyclic amines) is 1. The van der Waals surface area contributed by atoms with Crippen molar-refractivity contribution >= 4 is 0 Å². The van der Waals surface area contributed by atoms with Crippen LogP contribution in [-0.2, 0) is 0 Å². The minimum atomic E-state index is -0.379. The van der Waals surface area contributed by atoms with Crippen molar-refractivity contribution in [3.63, 3.8) is 0 Å². The predicted molar refractivity (Wildman–Crippen MR) is 75.3 cm³/mol. The van der Waals surface area contributed by atoms with Crippen LogP contribution in [-0.4, -0.2) is 34.7 Å². The van der Waals surface area contributed by atoms with E-state index in [-0.39, 0.29) is 11.7 Å². The maximum atomic E-state index is 10.4. The third-order valence-electron chi connectivity index (χ3n) is 4.61. The van der Waals surface area contributed by atoms with E-state index in [4.69, 9.17) is 4.74 Å². The Bertz CT molecular complexity index is 450. The number of aliphatic hydroxyl groups is 1. The summed E-state index contributed by atoms with van der Waals surface area (Å²) in [4.78, 5) is 2.49. The molecule has 2 aliphatic rings. The van der Waals surface area contributed by atoms with Crippen molar-refractivity contribution in [3.05, 3.63) is 29.8 Å². The van der Waals surface area contributed by atoms with Crippen LogP contribution in [0.1, 0.15) is 44.8 Å². The third-order valence-corrected chi connectivity index (χ3v) is 4.61. The Balaban J connectivity index is 1.78. The van der Waals surface area contributed by atoms with Crippen molar-refractivity contribution in [2.45, 2.75) is 50.9 Å². The number of para-hydroxylation sites is 1. The molecule has 1 atom stereocenters. The normalized spacial score (nSPS) is 26.2. The summed E-state index contributed by atoms with van der Waals surface area (Å²) in [6.07, 6.45) is 2.37. The summed E-state index contributed by atoms with van der Waals surface area (Å²) >= 11 is 0. The summed E-state index contributed by atoms with van der Waals surface area (Å²) in [5.41, 5.74) is 0.790. The number of benzene rings is 1. The molecule has 3 heteroatoms. The molecule has 2 aliphatic heterocycles. The van der Waals surface area contributed by atoms with Gasteiger partial charge >= 0.3 is 0 Å². The molecule has 0 bridgehead atoms. The van der Waals surface area contributed by atoms with Gasteiger partial charge in [0.2, 0.25) is 0 Å². The van der Waals surface area contributed by atoms with Crippen LogP contribution in [0.4, 0.5) is 0 Å². The molecule has 0 unspecified atom stereocenters. The van der Waals surface area contributed by atoms with Crippen molar-refractivity contribution < 1.29 is 9.84 Å². The fourth-order valence-electron chi connectivity index (χ4n) is 3.34. The van der Waals surface area contributed by atoms with Crippen LogP contribution < -0.4 is 4.74 Å². The van der Waals surface area contributed by atoms with Gasteiger partial charge in [-0.3, -0.25) is 0 Å². The number of fused-ring (bicyclic) bond motifs is 1. The molecule has 0 amide bonds. The zero-order valence-corrected chi connectivity index (χ0v) is 11.8. The predicted octanol–water partition coefficient (Wildman–Crippen LogP) is 2.75. The van der Waals surface area contributed by atoms with Crippen molar-refractivity contribution in [3.8, 4) is 5.75 Å². The molecule has 1 aromatic carbocycles. The van der Waals surface area contributed by atoms with Crippen LogP contribution in [0.5, 0.6) is 5.75 Å². The van der Waals surface area contributed by atoms with Gasteiger partial charge in [-0.25, -0.2) is 0 Å². The molecule has 0 aliphatic carbocycles. The first-order valence-electron chi connectivity index (χ1n) is 7.30. The second-order valence-electron chi connectivity index (χ2n) is 6.17. The van der Waals surface area contributed by atoms with E-state index in [1.165, 1.54) is 0 Å². The van der Waals surface area contributed by atoms with Crippen LogP contribution in [0, 0.1) is 0 Å². The van der Waals surface area contributed by atoms with Gasteiger partial charge in [0.1, 0.15) is 11.4 Å². The molecule has 1 spiro atoms. The van der Waals surface area contributed by atoms with Crippen LogP contribution in [0.15, 0.2) is 24.3 Å². The highest BCUT2D eigenvalue weighted by molar-refractivity contribution is 5.38. The van der Waals surface area contributed by atoms with Gasteiger partial charge < -0.3 is 14.7 Å². The molecule has 1 N–H and O–H groups in total. The first kappa shape index (κ1) is 12.9. The lowest BCUT2D eigenvalue weighted by Crippen LogP contribution is -2.51. The van der Waals surface area contributed by atoms with E-state index < -0.39 is 0 Å². The van der Waals surface area contributed by atoms with E-state index >= 15 is 0 Å². The van der Waals surface area contributed by atoms with Crippen molar-refractivity contribution in [1.82, 2.24) is 4.90 Å². The van der Waals surface area contributed by atoms with Crippen LogP contribution >= 0.6 is 0 Å². The summed E-state index contributed by atoms with van der Waals surface area (Å²) in [6, 6.07) is 8.49. The Morgan fingerprint density at radius 1 is 1.26 bits per heavy atom. The fraction of sp³-hybridized carbons (Fsp3) is 0.625. The number of rotatable bonds is 1. The Hall–Kier alpha value is -1.06. The minimum absolute atomic E-state index is 0.154. The second-order valence-corrected chi connectivity index (χ2v) is 6.17. The molecule has 0 aromatic heterocycles. The van der Waals surface area contributed by atoms with E-state index in [0.717, 1.165) is 43.7 Å². The summed E-state index contributed by atoms with van der Waals surface area (Å²) in [7, 11) is 0.